The summed E-state index contributed by atoms with van der Waals surface area (Å²) in [6.45, 7) is 2.41. The standard InChI is InChI=1S/C15H18N2O2.ClH/c1-2-10-19-15(18)13-11-16-14(17-13)9-8-12-6-4-3-5-7-12;/h3-7,11H,2,8-10H2,1H3,(H,16,17);1H. The summed E-state index contributed by atoms with van der Waals surface area (Å²) < 4.78 is 5.04. The lowest BCUT2D eigenvalue weighted by molar-refractivity contribution is 0.0498. The average Bonchev–Trinajstić information content (AvgIpc) is 2.92. The zero-order valence-electron chi connectivity index (χ0n) is 11.5. The van der Waals surface area contributed by atoms with Gasteiger partial charge in [0.1, 0.15) is 11.5 Å². The van der Waals surface area contributed by atoms with Crippen molar-refractivity contribution >= 4 is 18.4 Å². The predicted molar refractivity (Wildman–Crippen MR) is 80.3 cm³/mol. The monoisotopic (exact) mass is 294 g/mol. The molecule has 1 aromatic carbocycles. The van der Waals surface area contributed by atoms with Crippen molar-refractivity contribution < 1.29 is 9.53 Å². The molecular weight excluding hydrogens is 276 g/mol. The van der Waals surface area contributed by atoms with E-state index in [9.17, 15) is 4.79 Å². The van der Waals surface area contributed by atoms with Gasteiger partial charge in [0.05, 0.1) is 12.8 Å². The molecule has 0 fully saturated rings. The Morgan fingerprint density at radius 2 is 2.00 bits per heavy atom. The number of rotatable bonds is 6. The first-order valence-electron chi connectivity index (χ1n) is 6.54. The molecule has 0 saturated carbocycles. The zero-order valence-corrected chi connectivity index (χ0v) is 12.3. The Morgan fingerprint density at radius 3 is 2.70 bits per heavy atom. The van der Waals surface area contributed by atoms with E-state index in [0.29, 0.717) is 12.3 Å². The van der Waals surface area contributed by atoms with Crippen LogP contribution in [-0.4, -0.2) is 22.5 Å². The number of benzene rings is 1. The SMILES string of the molecule is CCCOC(=O)c1cnc(CCc2ccccc2)[nH]1.Cl. The van der Waals surface area contributed by atoms with Gasteiger partial charge in [-0.3, -0.25) is 0 Å². The van der Waals surface area contributed by atoms with Crippen molar-refractivity contribution in [3.8, 4) is 0 Å². The van der Waals surface area contributed by atoms with Gasteiger partial charge in [0, 0.05) is 6.42 Å². The van der Waals surface area contributed by atoms with E-state index in [1.54, 1.807) is 6.20 Å². The summed E-state index contributed by atoms with van der Waals surface area (Å²) in [7, 11) is 0. The third kappa shape index (κ3) is 4.70. The largest absolute Gasteiger partial charge is 0.461 e. The molecule has 0 aliphatic carbocycles. The van der Waals surface area contributed by atoms with E-state index in [4.69, 9.17) is 4.74 Å². The van der Waals surface area contributed by atoms with E-state index in [-0.39, 0.29) is 18.4 Å². The van der Waals surface area contributed by atoms with E-state index < -0.39 is 0 Å². The number of carbonyl (C=O) groups is 1. The Bertz CT molecular complexity index is 526. The Hall–Kier alpha value is -1.81. The molecule has 0 saturated heterocycles. The van der Waals surface area contributed by atoms with Gasteiger partial charge >= 0.3 is 5.97 Å². The number of imidazole rings is 1. The van der Waals surface area contributed by atoms with Crippen molar-refractivity contribution in [1.82, 2.24) is 9.97 Å². The molecule has 0 spiro atoms. The number of hydrogen-bond acceptors (Lipinski definition) is 3. The zero-order chi connectivity index (χ0) is 13.5. The number of aromatic nitrogens is 2. The Kier molecular flexibility index (Phi) is 6.81. The van der Waals surface area contributed by atoms with Crippen LogP contribution >= 0.6 is 12.4 Å². The van der Waals surface area contributed by atoms with Crippen LogP contribution in [0.5, 0.6) is 0 Å². The highest BCUT2D eigenvalue weighted by atomic mass is 35.5. The molecule has 0 unspecified atom stereocenters. The van der Waals surface area contributed by atoms with Gasteiger partial charge in [0.15, 0.2) is 0 Å². The number of nitrogens with one attached hydrogen (secondary N) is 1. The second-order valence-electron chi connectivity index (χ2n) is 4.37. The smallest absolute Gasteiger partial charge is 0.356 e. The second kappa shape index (κ2) is 8.38. The molecule has 2 rings (SSSR count). The molecule has 0 radical (unpaired) electrons. The van der Waals surface area contributed by atoms with E-state index >= 15 is 0 Å². The maximum atomic E-state index is 11.6. The molecule has 4 nitrogen and oxygen atoms in total. The van der Waals surface area contributed by atoms with Crippen molar-refractivity contribution in [2.24, 2.45) is 0 Å². The number of aryl methyl sites for hydroxylation is 2. The predicted octanol–water partition coefficient (Wildman–Crippen LogP) is 3.18. The van der Waals surface area contributed by atoms with Gasteiger partial charge in [-0.25, -0.2) is 9.78 Å². The minimum Gasteiger partial charge on any atom is -0.461 e. The van der Waals surface area contributed by atoms with Gasteiger partial charge < -0.3 is 9.72 Å². The lowest BCUT2D eigenvalue weighted by atomic mass is 10.1. The molecule has 108 valence electrons. The molecule has 0 atom stereocenters. The number of carbonyl (C=O) groups excluding carboxylic acids is 1. The molecule has 0 amide bonds. The molecule has 2 aromatic rings. The number of halogens is 1. The molecule has 0 aliphatic heterocycles. The van der Waals surface area contributed by atoms with E-state index in [0.717, 1.165) is 25.1 Å². The maximum absolute atomic E-state index is 11.6. The summed E-state index contributed by atoms with van der Waals surface area (Å²) in [4.78, 5) is 18.8. The van der Waals surface area contributed by atoms with Crippen LogP contribution in [0.15, 0.2) is 36.5 Å². The van der Waals surface area contributed by atoms with E-state index in [1.807, 2.05) is 25.1 Å². The van der Waals surface area contributed by atoms with Crippen molar-refractivity contribution in [3.05, 3.63) is 53.6 Å². The van der Waals surface area contributed by atoms with Gasteiger partial charge in [0.25, 0.3) is 0 Å². The molecule has 1 N–H and O–H groups in total. The fourth-order valence-electron chi connectivity index (χ4n) is 1.77. The number of H-pyrrole nitrogens is 1. The Morgan fingerprint density at radius 1 is 1.25 bits per heavy atom. The molecule has 1 heterocycles. The number of hydrogen-bond donors (Lipinski definition) is 1. The molecule has 0 bridgehead atoms. The van der Waals surface area contributed by atoms with Crippen molar-refractivity contribution in [3.63, 3.8) is 0 Å². The summed E-state index contributed by atoms with van der Waals surface area (Å²) >= 11 is 0. The third-order valence-electron chi connectivity index (χ3n) is 2.78. The van der Waals surface area contributed by atoms with Gasteiger partial charge in [-0.15, -0.1) is 12.4 Å². The van der Waals surface area contributed by atoms with Crippen LogP contribution in [0.4, 0.5) is 0 Å². The molecule has 5 heteroatoms. The lowest BCUT2D eigenvalue weighted by Crippen LogP contribution is -2.06. The van der Waals surface area contributed by atoms with Gasteiger partial charge in [-0.1, -0.05) is 37.3 Å². The summed E-state index contributed by atoms with van der Waals surface area (Å²) in [5, 5.41) is 0. The first kappa shape index (κ1) is 16.2. The Labute approximate surface area is 125 Å². The maximum Gasteiger partial charge on any atom is 0.356 e. The van der Waals surface area contributed by atoms with Crippen LogP contribution in [0.1, 0.15) is 35.2 Å². The normalized spacial score (nSPS) is 9.85. The quantitative estimate of drug-likeness (QED) is 0.833. The summed E-state index contributed by atoms with van der Waals surface area (Å²) in [5.74, 6) is 0.479. The highest BCUT2D eigenvalue weighted by molar-refractivity contribution is 5.87. The van der Waals surface area contributed by atoms with Crippen molar-refractivity contribution in [2.75, 3.05) is 6.61 Å². The first-order valence-corrected chi connectivity index (χ1v) is 6.54. The highest BCUT2D eigenvalue weighted by Gasteiger charge is 2.10. The topological polar surface area (TPSA) is 55.0 Å². The number of nitrogens with zero attached hydrogens (tertiary/aromatic N) is 1. The third-order valence-corrected chi connectivity index (χ3v) is 2.78. The second-order valence-corrected chi connectivity index (χ2v) is 4.37. The van der Waals surface area contributed by atoms with E-state index in [2.05, 4.69) is 22.1 Å². The Balaban J connectivity index is 0.00000200. The molecule has 1 aromatic heterocycles. The van der Waals surface area contributed by atoms with E-state index in [1.165, 1.54) is 5.56 Å². The van der Waals surface area contributed by atoms with Crippen LogP contribution in [0.3, 0.4) is 0 Å². The number of ether oxygens (including phenoxy) is 1. The molecular formula is C15H19ClN2O2. The molecule has 20 heavy (non-hydrogen) atoms. The van der Waals surface area contributed by atoms with Gasteiger partial charge in [0.2, 0.25) is 0 Å². The van der Waals surface area contributed by atoms with Crippen molar-refractivity contribution in [2.45, 2.75) is 26.2 Å². The highest BCUT2D eigenvalue weighted by Crippen LogP contribution is 2.06. The summed E-state index contributed by atoms with van der Waals surface area (Å²) in [6, 6.07) is 10.2. The summed E-state index contributed by atoms with van der Waals surface area (Å²) in [5.41, 5.74) is 1.69. The first-order chi connectivity index (χ1) is 9.29. The van der Waals surface area contributed by atoms with Crippen LogP contribution < -0.4 is 0 Å². The number of esters is 1. The molecule has 0 aliphatic rings. The van der Waals surface area contributed by atoms with Crippen LogP contribution in [0.25, 0.3) is 0 Å². The minimum atomic E-state index is -0.333. The van der Waals surface area contributed by atoms with Gasteiger partial charge in [-0.2, -0.15) is 0 Å². The minimum absolute atomic E-state index is 0. The van der Waals surface area contributed by atoms with Crippen molar-refractivity contribution in [1.29, 1.82) is 0 Å². The van der Waals surface area contributed by atoms with Gasteiger partial charge in [-0.05, 0) is 18.4 Å². The fourth-order valence-corrected chi connectivity index (χ4v) is 1.77. The van der Waals surface area contributed by atoms with Crippen LogP contribution in [-0.2, 0) is 17.6 Å². The lowest BCUT2D eigenvalue weighted by Gasteiger charge is -2.00. The summed E-state index contributed by atoms with van der Waals surface area (Å²) in [6.07, 6.45) is 4.04. The number of aromatic amines is 1. The van der Waals surface area contributed by atoms with Crippen LogP contribution in [0, 0.1) is 0 Å². The fraction of sp³-hybridized carbons (Fsp3) is 0.333. The van der Waals surface area contributed by atoms with Crippen LogP contribution in [0.2, 0.25) is 0 Å². The average molecular weight is 295 g/mol.